The van der Waals surface area contributed by atoms with Crippen molar-refractivity contribution in [1.82, 2.24) is 0 Å². The molecule has 1 aromatic heterocycles. The molecule has 1 amide bonds. The third-order valence-corrected chi connectivity index (χ3v) is 2.36. The zero-order chi connectivity index (χ0) is 11.7. The summed E-state index contributed by atoms with van der Waals surface area (Å²) >= 11 is 0. The number of benzene rings is 1. The van der Waals surface area contributed by atoms with Crippen LogP contribution in [0.25, 0.3) is 11.3 Å². The lowest BCUT2D eigenvalue weighted by molar-refractivity contribution is 0.0974. The van der Waals surface area contributed by atoms with Gasteiger partial charge in [-0.2, -0.15) is 0 Å². The molecule has 0 atom stereocenters. The van der Waals surface area contributed by atoms with Crippen LogP contribution >= 0.6 is 0 Å². The molecule has 16 heavy (non-hydrogen) atoms. The van der Waals surface area contributed by atoms with Crippen molar-refractivity contribution < 1.29 is 9.21 Å². The summed E-state index contributed by atoms with van der Waals surface area (Å²) in [7, 11) is 0. The Balaban J connectivity index is 2.46. The molecular weight excluding hydrogens is 204 g/mol. The van der Waals surface area contributed by atoms with Gasteiger partial charge in [-0.1, -0.05) is 0 Å². The minimum atomic E-state index is -0.570. The number of rotatable bonds is 2. The van der Waals surface area contributed by atoms with E-state index in [0.717, 1.165) is 11.1 Å². The summed E-state index contributed by atoms with van der Waals surface area (Å²) in [5, 5.41) is 0. The van der Waals surface area contributed by atoms with Crippen LogP contribution < -0.4 is 11.5 Å². The minimum Gasteiger partial charge on any atom is -0.451 e. The van der Waals surface area contributed by atoms with E-state index >= 15 is 0 Å². The summed E-state index contributed by atoms with van der Waals surface area (Å²) in [4.78, 5) is 10.9. The van der Waals surface area contributed by atoms with Crippen LogP contribution in [0.5, 0.6) is 0 Å². The van der Waals surface area contributed by atoms with Crippen LogP contribution in [0.1, 0.15) is 16.1 Å². The highest BCUT2D eigenvalue weighted by molar-refractivity contribution is 5.90. The Morgan fingerprint density at radius 3 is 2.56 bits per heavy atom. The van der Waals surface area contributed by atoms with Gasteiger partial charge < -0.3 is 15.9 Å². The summed E-state index contributed by atoms with van der Waals surface area (Å²) in [5.74, 6) is 0.205. The molecule has 0 bridgehead atoms. The van der Waals surface area contributed by atoms with Gasteiger partial charge in [0, 0.05) is 11.3 Å². The van der Waals surface area contributed by atoms with E-state index in [4.69, 9.17) is 15.9 Å². The topological polar surface area (TPSA) is 82.2 Å². The Hall–Kier alpha value is -2.23. The van der Waals surface area contributed by atoms with Gasteiger partial charge in [-0.3, -0.25) is 4.79 Å². The second kappa shape index (κ2) is 3.73. The summed E-state index contributed by atoms with van der Waals surface area (Å²) < 4.78 is 5.34. The molecule has 0 saturated carbocycles. The molecule has 1 heterocycles. The van der Waals surface area contributed by atoms with Crippen molar-refractivity contribution in [3.05, 3.63) is 41.7 Å². The van der Waals surface area contributed by atoms with Crippen LogP contribution in [0, 0.1) is 6.92 Å². The first-order chi connectivity index (χ1) is 7.58. The van der Waals surface area contributed by atoms with Crippen molar-refractivity contribution in [2.75, 3.05) is 5.73 Å². The van der Waals surface area contributed by atoms with Crippen molar-refractivity contribution in [3.8, 4) is 11.3 Å². The number of primary amides is 1. The molecule has 0 saturated heterocycles. The third-order valence-electron chi connectivity index (χ3n) is 2.36. The molecule has 2 rings (SSSR count). The van der Waals surface area contributed by atoms with Gasteiger partial charge in [0.1, 0.15) is 5.76 Å². The number of aryl methyl sites for hydroxylation is 1. The number of amides is 1. The maximum absolute atomic E-state index is 10.9. The zero-order valence-corrected chi connectivity index (χ0v) is 8.86. The van der Waals surface area contributed by atoms with Crippen molar-refractivity contribution in [2.45, 2.75) is 6.92 Å². The van der Waals surface area contributed by atoms with Crippen molar-refractivity contribution in [3.63, 3.8) is 0 Å². The smallest absolute Gasteiger partial charge is 0.284 e. The lowest BCUT2D eigenvalue weighted by Gasteiger charge is -2.03. The fourth-order valence-corrected chi connectivity index (χ4v) is 1.58. The molecule has 4 heteroatoms. The monoisotopic (exact) mass is 216 g/mol. The third kappa shape index (κ3) is 1.77. The van der Waals surface area contributed by atoms with E-state index in [9.17, 15) is 4.79 Å². The van der Waals surface area contributed by atoms with E-state index in [2.05, 4.69) is 0 Å². The van der Waals surface area contributed by atoms with Crippen molar-refractivity contribution in [2.24, 2.45) is 5.73 Å². The highest BCUT2D eigenvalue weighted by atomic mass is 16.3. The Labute approximate surface area is 92.9 Å². The van der Waals surface area contributed by atoms with Crippen LogP contribution in [0.2, 0.25) is 0 Å². The lowest BCUT2D eigenvalue weighted by atomic mass is 10.1. The molecule has 2 aromatic rings. The molecule has 0 aliphatic heterocycles. The molecule has 0 spiro atoms. The van der Waals surface area contributed by atoms with Gasteiger partial charge in [0.25, 0.3) is 5.91 Å². The number of furan rings is 1. The molecular formula is C12H12N2O2. The molecule has 1 aromatic carbocycles. The molecule has 0 aliphatic rings. The summed E-state index contributed by atoms with van der Waals surface area (Å²) in [6.45, 7) is 1.93. The highest BCUT2D eigenvalue weighted by Crippen LogP contribution is 2.26. The van der Waals surface area contributed by atoms with Gasteiger partial charge in [0.05, 0.1) is 0 Å². The molecule has 0 fully saturated rings. The van der Waals surface area contributed by atoms with E-state index in [0.29, 0.717) is 11.4 Å². The second-order valence-corrected chi connectivity index (χ2v) is 3.60. The Bertz CT molecular complexity index is 544. The second-order valence-electron chi connectivity index (χ2n) is 3.60. The quantitative estimate of drug-likeness (QED) is 0.752. The molecule has 4 nitrogen and oxygen atoms in total. The Morgan fingerprint density at radius 2 is 2.00 bits per heavy atom. The molecule has 0 radical (unpaired) electrons. The number of nitrogen functional groups attached to an aromatic ring is 1. The lowest BCUT2D eigenvalue weighted by Crippen LogP contribution is -2.09. The summed E-state index contributed by atoms with van der Waals surface area (Å²) in [5.41, 5.74) is 13.4. The number of hydrogen-bond acceptors (Lipinski definition) is 3. The van der Waals surface area contributed by atoms with Crippen LogP contribution in [-0.4, -0.2) is 5.91 Å². The molecule has 4 N–H and O–H groups in total. The standard InChI is InChI=1S/C12H12N2O2/c1-7-6-8(13)2-3-9(7)10-4-5-11(16-10)12(14)15/h2-6H,13H2,1H3,(H2,14,15). The maximum Gasteiger partial charge on any atom is 0.284 e. The predicted octanol–water partition coefficient (Wildman–Crippen LogP) is 1.94. The zero-order valence-electron chi connectivity index (χ0n) is 8.86. The van der Waals surface area contributed by atoms with E-state index in [-0.39, 0.29) is 5.76 Å². The Kier molecular flexibility index (Phi) is 2.40. The number of carbonyl (C=O) groups excluding carboxylic acids is 1. The van der Waals surface area contributed by atoms with Crippen LogP contribution in [-0.2, 0) is 0 Å². The predicted molar refractivity (Wildman–Crippen MR) is 61.8 cm³/mol. The SMILES string of the molecule is Cc1cc(N)ccc1-c1ccc(C(N)=O)o1. The first kappa shape index (κ1) is 10.3. The fourth-order valence-electron chi connectivity index (χ4n) is 1.58. The van der Waals surface area contributed by atoms with Crippen LogP contribution in [0.3, 0.4) is 0 Å². The molecule has 0 unspecified atom stereocenters. The van der Waals surface area contributed by atoms with E-state index in [1.807, 2.05) is 19.1 Å². The van der Waals surface area contributed by atoms with Crippen LogP contribution in [0.15, 0.2) is 34.7 Å². The van der Waals surface area contributed by atoms with E-state index in [1.165, 1.54) is 0 Å². The first-order valence-corrected chi connectivity index (χ1v) is 4.84. The molecule has 0 aliphatic carbocycles. The number of hydrogen-bond donors (Lipinski definition) is 2. The van der Waals surface area contributed by atoms with E-state index < -0.39 is 5.91 Å². The Morgan fingerprint density at radius 1 is 1.25 bits per heavy atom. The fraction of sp³-hybridized carbons (Fsp3) is 0.0833. The van der Waals surface area contributed by atoms with E-state index in [1.54, 1.807) is 18.2 Å². The van der Waals surface area contributed by atoms with Gasteiger partial charge in [0.2, 0.25) is 0 Å². The normalized spacial score (nSPS) is 10.3. The molecule has 82 valence electrons. The van der Waals surface area contributed by atoms with Crippen molar-refractivity contribution >= 4 is 11.6 Å². The van der Waals surface area contributed by atoms with Crippen molar-refractivity contribution in [1.29, 1.82) is 0 Å². The highest BCUT2D eigenvalue weighted by Gasteiger charge is 2.10. The van der Waals surface area contributed by atoms with Gasteiger partial charge in [-0.05, 0) is 42.8 Å². The van der Waals surface area contributed by atoms with Gasteiger partial charge in [0.15, 0.2) is 5.76 Å². The number of carbonyl (C=O) groups is 1. The average molecular weight is 216 g/mol. The van der Waals surface area contributed by atoms with Gasteiger partial charge in [-0.25, -0.2) is 0 Å². The summed E-state index contributed by atoms with van der Waals surface area (Å²) in [6.07, 6.45) is 0. The summed E-state index contributed by atoms with van der Waals surface area (Å²) in [6, 6.07) is 8.77. The minimum absolute atomic E-state index is 0.159. The largest absolute Gasteiger partial charge is 0.451 e. The average Bonchev–Trinajstić information content (AvgIpc) is 2.66. The van der Waals surface area contributed by atoms with Crippen LogP contribution in [0.4, 0.5) is 5.69 Å². The first-order valence-electron chi connectivity index (χ1n) is 4.84. The van der Waals surface area contributed by atoms with Gasteiger partial charge in [-0.15, -0.1) is 0 Å². The van der Waals surface area contributed by atoms with Gasteiger partial charge >= 0.3 is 0 Å². The number of anilines is 1. The number of nitrogens with two attached hydrogens (primary N) is 2. The maximum atomic E-state index is 10.9.